The lowest BCUT2D eigenvalue weighted by molar-refractivity contribution is 0.121. The molecule has 0 saturated heterocycles. The van der Waals surface area contributed by atoms with E-state index in [4.69, 9.17) is 9.26 Å². The summed E-state index contributed by atoms with van der Waals surface area (Å²) in [5, 5.41) is 6.88. The number of hydrogen-bond acceptors (Lipinski definition) is 4. The molecule has 6 nitrogen and oxygen atoms in total. The van der Waals surface area contributed by atoms with E-state index in [0.717, 1.165) is 41.2 Å². The molecule has 2 aromatic rings. The van der Waals surface area contributed by atoms with Crippen molar-refractivity contribution in [2.24, 2.45) is 0 Å². The van der Waals surface area contributed by atoms with Gasteiger partial charge in [-0.15, -0.1) is 0 Å². The number of aryl methyl sites for hydroxylation is 2. The van der Waals surface area contributed by atoms with Crippen LogP contribution in [0.25, 0.3) is 0 Å². The van der Waals surface area contributed by atoms with Gasteiger partial charge in [-0.25, -0.2) is 4.79 Å². The van der Waals surface area contributed by atoms with E-state index in [-0.39, 0.29) is 6.03 Å². The van der Waals surface area contributed by atoms with Crippen LogP contribution in [0.4, 0.5) is 4.79 Å². The quantitative estimate of drug-likeness (QED) is 0.743. The van der Waals surface area contributed by atoms with Crippen molar-refractivity contribution < 1.29 is 14.1 Å². The van der Waals surface area contributed by atoms with Crippen LogP contribution in [0.3, 0.4) is 0 Å². The van der Waals surface area contributed by atoms with E-state index in [1.807, 2.05) is 38.1 Å². The number of ether oxygens (including phenoxy) is 1. The minimum absolute atomic E-state index is 0.135. The number of nitrogens with one attached hydrogen (secondary N) is 1. The summed E-state index contributed by atoms with van der Waals surface area (Å²) in [6, 6.07) is 7.87. The fourth-order valence-corrected chi connectivity index (χ4v) is 2.54. The Hall–Kier alpha value is -2.34. The second-order valence-corrected chi connectivity index (χ2v) is 6.14. The van der Waals surface area contributed by atoms with E-state index >= 15 is 0 Å². The molecule has 1 heterocycles. The molecule has 6 heteroatoms. The first kappa shape index (κ1) is 19.0. The molecule has 25 heavy (non-hydrogen) atoms. The highest BCUT2D eigenvalue weighted by molar-refractivity contribution is 5.73. The summed E-state index contributed by atoms with van der Waals surface area (Å²) in [6.45, 7) is 8.05. The van der Waals surface area contributed by atoms with Crippen LogP contribution in [-0.2, 0) is 24.4 Å². The molecule has 1 N–H and O–H groups in total. The molecule has 0 unspecified atom stereocenters. The Labute approximate surface area is 149 Å². The molecule has 136 valence electrons. The van der Waals surface area contributed by atoms with Gasteiger partial charge in [0.2, 0.25) is 0 Å². The lowest BCUT2D eigenvalue weighted by atomic mass is 10.1. The molecule has 1 aromatic carbocycles. The fraction of sp³-hybridized carbons (Fsp3) is 0.474. The Balaban J connectivity index is 1.91. The van der Waals surface area contributed by atoms with Crippen LogP contribution in [0.1, 0.15) is 41.5 Å². The Morgan fingerprint density at radius 1 is 1.28 bits per heavy atom. The van der Waals surface area contributed by atoms with E-state index < -0.39 is 0 Å². The van der Waals surface area contributed by atoms with Crippen molar-refractivity contribution in [2.75, 3.05) is 13.7 Å². The minimum atomic E-state index is -0.135. The van der Waals surface area contributed by atoms with Crippen LogP contribution >= 0.6 is 0 Å². The number of aromatic nitrogens is 1. The smallest absolute Gasteiger partial charge is 0.317 e. The molecular weight excluding hydrogens is 318 g/mol. The zero-order chi connectivity index (χ0) is 18.2. The van der Waals surface area contributed by atoms with E-state index in [1.165, 1.54) is 0 Å². The summed E-state index contributed by atoms with van der Waals surface area (Å²) < 4.78 is 10.8. The third-order valence-electron chi connectivity index (χ3n) is 4.08. The van der Waals surface area contributed by atoms with Crippen molar-refractivity contribution >= 4 is 6.03 Å². The van der Waals surface area contributed by atoms with Crippen LogP contribution in [0.15, 0.2) is 28.8 Å². The summed E-state index contributed by atoms with van der Waals surface area (Å²) in [5.41, 5.74) is 3.93. The third-order valence-corrected chi connectivity index (χ3v) is 4.08. The molecule has 1 aromatic heterocycles. The molecule has 0 aliphatic rings. The van der Waals surface area contributed by atoms with Crippen LogP contribution < -0.4 is 5.32 Å². The molecular formula is C19H27N3O3. The standard InChI is InChI=1S/C19H27N3O3/c1-5-10-24-13-17-9-7-6-8-16(17)11-20-19(23)22(4)12-18-14(2)21-25-15(18)3/h6-9H,5,10-13H2,1-4H3,(H,20,23). The van der Waals surface area contributed by atoms with Gasteiger partial charge in [0.25, 0.3) is 0 Å². The predicted molar refractivity (Wildman–Crippen MR) is 96.1 cm³/mol. The van der Waals surface area contributed by atoms with Crippen molar-refractivity contribution in [1.29, 1.82) is 0 Å². The van der Waals surface area contributed by atoms with Gasteiger partial charge in [-0.2, -0.15) is 0 Å². The second-order valence-electron chi connectivity index (χ2n) is 6.14. The first-order valence-electron chi connectivity index (χ1n) is 8.58. The highest BCUT2D eigenvalue weighted by Crippen LogP contribution is 2.14. The fourth-order valence-electron chi connectivity index (χ4n) is 2.54. The lowest BCUT2D eigenvalue weighted by Crippen LogP contribution is -2.36. The zero-order valence-corrected chi connectivity index (χ0v) is 15.5. The SMILES string of the molecule is CCCOCc1ccccc1CNC(=O)N(C)Cc1c(C)noc1C. The largest absolute Gasteiger partial charge is 0.377 e. The zero-order valence-electron chi connectivity index (χ0n) is 15.5. The molecule has 0 spiro atoms. The van der Waals surface area contributed by atoms with Crippen molar-refractivity contribution in [2.45, 2.75) is 46.9 Å². The van der Waals surface area contributed by atoms with Gasteiger partial charge < -0.3 is 19.5 Å². The highest BCUT2D eigenvalue weighted by Gasteiger charge is 2.15. The van der Waals surface area contributed by atoms with E-state index in [2.05, 4.69) is 17.4 Å². The van der Waals surface area contributed by atoms with E-state index in [0.29, 0.717) is 19.7 Å². The maximum atomic E-state index is 12.4. The van der Waals surface area contributed by atoms with Crippen LogP contribution in [0, 0.1) is 13.8 Å². The maximum absolute atomic E-state index is 12.4. The molecule has 0 fully saturated rings. The Kier molecular flexibility index (Phi) is 7.01. The molecule has 0 saturated carbocycles. The van der Waals surface area contributed by atoms with Gasteiger partial charge >= 0.3 is 6.03 Å². The van der Waals surface area contributed by atoms with Gasteiger partial charge in [0.15, 0.2) is 0 Å². The summed E-state index contributed by atoms with van der Waals surface area (Å²) >= 11 is 0. The van der Waals surface area contributed by atoms with Gasteiger partial charge in [0.05, 0.1) is 18.8 Å². The Morgan fingerprint density at radius 3 is 2.64 bits per heavy atom. The second kappa shape index (κ2) is 9.22. The number of rotatable bonds is 8. The molecule has 0 aliphatic heterocycles. The van der Waals surface area contributed by atoms with Crippen LogP contribution in [0.2, 0.25) is 0 Å². The first-order valence-corrected chi connectivity index (χ1v) is 8.58. The molecule has 0 atom stereocenters. The van der Waals surface area contributed by atoms with Crippen molar-refractivity contribution in [3.63, 3.8) is 0 Å². The van der Waals surface area contributed by atoms with Gasteiger partial charge in [-0.3, -0.25) is 0 Å². The Bertz CT molecular complexity index is 677. The minimum Gasteiger partial charge on any atom is -0.377 e. The number of carbonyl (C=O) groups excluding carboxylic acids is 1. The molecule has 0 bridgehead atoms. The number of amides is 2. The number of nitrogens with zero attached hydrogens (tertiary/aromatic N) is 2. The lowest BCUT2D eigenvalue weighted by Gasteiger charge is -2.18. The van der Waals surface area contributed by atoms with E-state index in [9.17, 15) is 4.79 Å². The third kappa shape index (κ3) is 5.32. The number of hydrogen-bond donors (Lipinski definition) is 1. The number of carbonyl (C=O) groups is 1. The topological polar surface area (TPSA) is 67.6 Å². The van der Waals surface area contributed by atoms with Crippen molar-refractivity contribution in [3.05, 3.63) is 52.4 Å². The Morgan fingerprint density at radius 2 is 2.00 bits per heavy atom. The molecule has 2 rings (SSSR count). The van der Waals surface area contributed by atoms with Crippen LogP contribution in [-0.4, -0.2) is 29.7 Å². The van der Waals surface area contributed by atoms with Gasteiger partial charge in [0, 0.05) is 25.8 Å². The summed E-state index contributed by atoms with van der Waals surface area (Å²) in [5.74, 6) is 0.746. The summed E-state index contributed by atoms with van der Waals surface area (Å²) in [4.78, 5) is 14.0. The average Bonchev–Trinajstić information content (AvgIpc) is 2.92. The molecule has 0 aliphatic carbocycles. The normalized spacial score (nSPS) is 10.7. The van der Waals surface area contributed by atoms with E-state index in [1.54, 1.807) is 11.9 Å². The average molecular weight is 345 g/mol. The number of benzene rings is 1. The van der Waals surface area contributed by atoms with Gasteiger partial charge in [-0.05, 0) is 31.4 Å². The number of urea groups is 1. The predicted octanol–water partition coefficient (Wildman–Crippen LogP) is 3.56. The molecule has 0 radical (unpaired) electrons. The monoisotopic (exact) mass is 345 g/mol. The van der Waals surface area contributed by atoms with Crippen molar-refractivity contribution in [1.82, 2.24) is 15.4 Å². The first-order chi connectivity index (χ1) is 12.0. The highest BCUT2D eigenvalue weighted by atomic mass is 16.5. The summed E-state index contributed by atoms with van der Waals surface area (Å²) in [6.07, 6.45) is 0.991. The van der Waals surface area contributed by atoms with Gasteiger partial charge in [-0.1, -0.05) is 36.3 Å². The van der Waals surface area contributed by atoms with Crippen molar-refractivity contribution in [3.8, 4) is 0 Å². The maximum Gasteiger partial charge on any atom is 0.317 e. The van der Waals surface area contributed by atoms with Crippen LogP contribution in [0.5, 0.6) is 0 Å². The van der Waals surface area contributed by atoms with Gasteiger partial charge in [0.1, 0.15) is 5.76 Å². The summed E-state index contributed by atoms with van der Waals surface area (Å²) in [7, 11) is 1.76. The molecule has 2 amide bonds.